The number of nitrogens with zero attached hydrogens (tertiary/aromatic N) is 2. The average molecular weight is 393 g/mol. The quantitative estimate of drug-likeness (QED) is 0.701. The van der Waals surface area contributed by atoms with Crippen molar-refractivity contribution in [1.82, 2.24) is 9.78 Å². The predicted molar refractivity (Wildman–Crippen MR) is 107 cm³/mol. The first kappa shape index (κ1) is 17.0. The minimum atomic E-state index is -1.11. The lowest BCUT2D eigenvalue weighted by Gasteiger charge is -2.31. The molecule has 0 saturated carbocycles. The van der Waals surface area contributed by atoms with Crippen LogP contribution in [0.5, 0.6) is 0 Å². The zero-order valence-electron chi connectivity index (χ0n) is 15.1. The van der Waals surface area contributed by atoms with E-state index in [1.54, 1.807) is 23.0 Å². The standard InChI is InChI=1S/C21H17ClN4O2/c1-12-5-7-13(8-6-12)11-26-19-15(10-23-26)21(9-17(27)24-19)14-3-2-4-16(22)18(14)25-20(21)28/h2-8,10H,9,11H2,1H3,(H,24,27)(H,25,28). The van der Waals surface area contributed by atoms with Gasteiger partial charge in [-0.3, -0.25) is 9.59 Å². The number of carbonyl (C=O) groups excluding carboxylic acids is 2. The zero-order valence-corrected chi connectivity index (χ0v) is 15.9. The molecule has 2 aromatic carbocycles. The maximum Gasteiger partial charge on any atom is 0.240 e. The number of hydrogen-bond acceptors (Lipinski definition) is 3. The second-order valence-corrected chi connectivity index (χ2v) is 7.70. The predicted octanol–water partition coefficient (Wildman–Crippen LogP) is 3.47. The molecule has 1 unspecified atom stereocenters. The highest BCUT2D eigenvalue weighted by molar-refractivity contribution is 6.35. The molecule has 2 aliphatic rings. The molecule has 1 atom stereocenters. The van der Waals surface area contributed by atoms with Crippen molar-refractivity contribution in [2.24, 2.45) is 0 Å². The highest BCUT2D eigenvalue weighted by Gasteiger charge is 2.54. The van der Waals surface area contributed by atoms with Crippen molar-refractivity contribution >= 4 is 34.9 Å². The van der Waals surface area contributed by atoms with Gasteiger partial charge in [0.05, 0.1) is 23.5 Å². The molecule has 7 heteroatoms. The van der Waals surface area contributed by atoms with E-state index in [0.29, 0.717) is 28.6 Å². The largest absolute Gasteiger partial charge is 0.323 e. The lowest BCUT2D eigenvalue weighted by atomic mass is 9.72. The molecule has 5 rings (SSSR count). The van der Waals surface area contributed by atoms with Gasteiger partial charge >= 0.3 is 0 Å². The summed E-state index contributed by atoms with van der Waals surface area (Å²) >= 11 is 6.29. The minimum Gasteiger partial charge on any atom is -0.323 e. The van der Waals surface area contributed by atoms with Crippen molar-refractivity contribution in [2.45, 2.75) is 25.3 Å². The molecule has 2 aliphatic heterocycles. The van der Waals surface area contributed by atoms with E-state index < -0.39 is 5.41 Å². The molecular formula is C21H17ClN4O2. The van der Waals surface area contributed by atoms with Crippen LogP contribution in [0.1, 0.15) is 28.7 Å². The molecule has 1 aromatic heterocycles. The fourth-order valence-electron chi connectivity index (χ4n) is 4.12. The maximum atomic E-state index is 13.1. The molecule has 3 heterocycles. The van der Waals surface area contributed by atoms with E-state index in [4.69, 9.17) is 11.6 Å². The van der Waals surface area contributed by atoms with Gasteiger partial charge in [0.2, 0.25) is 11.8 Å². The van der Waals surface area contributed by atoms with Gasteiger partial charge in [0.1, 0.15) is 11.2 Å². The van der Waals surface area contributed by atoms with Gasteiger partial charge in [-0.2, -0.15) is 5.10 Å². The third-order valence-corrected chi connectivity index (χ3v) is 5.85. The van der Waals surface area contributed by atoms with Crippen LogP contribution in [-0.2, 0) is 21.5 Å². The molecule has 140 valence electrons. The van der Waals surface area contributed by atoms with Crippen molar-refractivity contribution in [1.29, 1.82) is 0 Å². The molecule has 6 nitrogen and oxygen atoms in total. The summed E-state index contributed by atoms with van der Waals surface area (Å²) in [6.45, 7) is 2.53. The van der Waals surface area contributed by atoms with E-state index in [2.05, 4.69) is 15.7 Å². The van der Waals surface area contributed by atoms with Crippen LogP contribution in [0.25, 0.3) is 0 Å². The summed E-state index contributed by atoms with van der Waals surface area (Å²) in [4.78, 5) is 25.7. The van der Waals surface area contributed by atoms with Crippen LogP contribution in [0.2, 0.25) is 5.02 Å². The second-order valence-electron chi connectivity index (χ2n) is 7.30. The Morgan fingerprint density at radius 3 is 2.68 bits per heavy atom. The normalized spacial score (nSPS) is 19.9. The van der Waals surface area contributed by atoms with E-state index in [-0.39, 0.29) is 18.2 Å². The molecule has 0 saturated heterocycles. The molecule has 2 N–H and O–H groups in total. The first-order valence-corrected chi connectivity index (χ1v) is 9.39. The van der Waals surface area contributed by atoms with Crippen LogP contribution < -0.4 is 10.6 Å². The van der Waals surface area contributed by atoms with Gasteiger partial charge in [-0.05, 0) is 24.1 Å². The lowest BCUT2D eigenvalue weighted by molar-refractivity contribution is -0.125. The monoisotopic (exact) mass is 392 g/mol. The van der Waals surface area contributed by atoms with Gasteiger partial charge in [-0.1, -0.05) is 53.6 Å². The fourth-order valence-corrected chi connectivity index (χ4v) is 4.34. The molecule has 0 bridgehead atoms. The number of aromatic nitrogens is 2. The van der Waals surface area contributed by atoms with Crippen LogP contribution in [-0.4, -0.2) is 21.6 Å². The molecule has 28 heavy (non-hydrogen) atoms. The summed E-state index contributed by atoms with van der Waals surface area (Å²) in [5.41, 5.74) is 3.11. The van der Waals surface area contributed by atoms with E-state index in [1.807, 2.05) is 37.3 Å². The van der Waals surface area contributed by atoms with Crippen molar-refractivity contribution in [3.63, 3.8) is 0 Å². The number of fused-ring (bicyclic) bond motifs is 4. The Kier molecular flexibility index (Phi) is 3.61. The molecular weight excluding hydrogens is 376 g/mol. The fraction of sp³-hybridized carbons (Fsp3) is 0.190. The van der Waals surface area contributed by atoms with E-state index in [9.17, 15) is 9.59 Å². The van der Waals surface area contributed by atoms with Gasteiger partial charge in [0.25, 0.3) is 0 Å². The molecule has 0 aliphatic carbocycles. The summed E-state index contributed by atoms with van der Waals surface area (Å²) in [6, 6.07) is 13.5. The third kappa shape index (κ3) is 2.31. The Bertz CT molecular complexity index is 1140. The van der Waals surface area contributed by atoms with Crippen LogP contribution in [0.4, 0.5) is 11.5 Å². The minimum absolute atomic E-state index is 0.0232. The Hall–Kier alpha value is -3.12. The summed E-state index contributed by atoms with van der Waals surface area (Å²) in [5.74, 6) is 0.0857. The number of rotatable bonds is 2. The second kappa shape index (κ2) is 5.94. The average Bonchev–Trinajstić information content (AvgIpc) is 3.19. The number of hydrogen-bond donors (Lipinski definition) is 2. The number of benzene rings is 2. The summed E-state index contributed by atoms with van der Waals surface area (Å²) in [5, 5.41) is 10.7. The van der Waals surface area contributed by atoms with Crippen LogP contribution >= 0.6 is 11.6 Å². The Balaban J connectivity index is 1.65. The number of amides is 2. The first-order chi connectivity index (χ1) is 13.5. The number of aryl methyl sites for hydroxylation is 1. The summed E-state index contributed by atoms with van der Waals surface area (Å²) in [6.07, 6.45) is 1.70. The number of para-hydroxylation sites is 1. The van der Waals surface area contributed by atoms with E-state index >= 15 is 0 Å². The van der Waals surface area contributed by atoms with Gasteiger partial charge < -0.3 is 10.6 Å². The van der Waals surface area contributed by atoms with Crippen molar-refractivity contribution in [2.75, 3.05) is 10.6 Å². The molecule has 2 amide bonds. The number of halogens is 1. The molecule has 3 aromatic rings. The zero-order chi connectivity index (χ0) is 19.5. The van der Waals surface area contributed by atoms with Crippen LogP contribution in [0.3, 0.4) is 0 Å². The number of nitrogens with one attached hydrogen (secondary N) is 2. The topological polar surface area (TPSA) is 76.0 Å². The van der Waals surface area contributed by atoms with E-state index in [1.165, 1.54) is 5.56 Å². The molecule has 1 spiro atoms. The number of carbonyl (C=O) groups is 2. The highest BCUT2D eigenvalue weighted by Crippen LogP contribution is 2.51. The van der Waals surface area contributed by atoms with E-state index in [0.717, 1.165) is 11.1 Å². The highest BCUT2D eigenvalue weighted by atomic mass is 35.5. The first-order valence-electron chi connectivity index (χ1n) is 9.01. The lowest BCUT2D eigenvalue weighted by Crippen LogP contribution is -2.43. The van der Waals surface area contributed by atoms with Crippen molar-refractivity contribution in [3.05, 3.63) is 75.9 Å². The van der Waals surface area contributed by atoms with Crippen LogP contribution in [0, 0.1) is 6.92 Å². The van der Waals surface area contributed by atoms with Gasteiger partial charge in [0, 0.05) is 12.0 Å². The SMILES string of the molecule is Cc1ccc(Cn2ncc3c2NC(=O)CC32C(=O)Nc3c(Cl)cccc32)cc1. The van der Waals surface area contributed by atoms with Gasteiger partial charge in [-0.25, -0.2) is 4.68 Å². The molecule has 0 fully saturated rings. The molecule has 0 radical (unpaired) electrons. The van der Waals surface area contributed by atoms with Crippen LogP contribution in [0.15, 0.2) is 48.7 Å². The number of anilines is 2. The smallest absolute Gasteiger partial charge is 0.240 e. The van der Waals surface area contributed by atoms with Gasteiger partial charge in [-0.15, -0.1) is 0 Å². The maximum absolute atomic E-state index is 13.1. The third-order valence-electron chi connectivity index (χ3n) is 5.54. The summed E-state index contributed by atoms with van der Waals surface area (Å²) in [7, 11) is 0. The Morgan fingerprint density at radius 1 is 1.11 bits per heavy atom. The van der Waals surface area contributed by atoms with Crippen molar-refractivity contribution < 1.29 is 9.59 Å². The van der Waals surface area contributed by atoms with Gasteiger partial charge in [0.15, 0.2) is 0 Å². The summed E-state index contributed by atoms with van der Waals surface area (Å²) < 4.78 is 1.73. The Labute approximate surface area is 166 Å². The van der Waals surface area contributed by atoms with Crippen molar-refractivity contribution in [3.8, 4) is 0 Å². The Morgan fingerprint density at radius 2 is 1.89 bits per heavy atom.